The normalized spacial score (nSPS) is 12.8. The monoisotopic (exact) mass is 232 g/mol. The summed E-state index contributed by atoms with van der Waals surface area (Å²) in [7, 11) is 0. The average Bonchev–Trinajstić information content (AvgIpc) is 2.38. The Bertz CT molecular complexity index is 482. The number of aliphatic hydroxyl groups is 2. The van der Waals surface area contributed by atoms with Gasteiger partial charge in [-0.3, -0.25) is 0 Å². The van der Waals surface area contributed by atoms with Gasteiger partial charge in [-0.25, -0.2) is 0 Å². The zero-order valence-electron chi connectivity index (χ0n) is 9.54. The molecule has 1 atom stereocenters. The van der Waals surface area contributed by atoms with E-state index in [0.29, 0.717) is 0 Å². The third-order valence-corrected chi connectivity index (χ3v) is 2.67. The summed E-state index contributed by atoms with van der Waals surface area (Å²) in [5, 5.41) is 20.7. The molecule has 0 aliphatic rings. The van der Waals surface area contributed by atoms with E-state index >= 15 is 0 Å². The first-order valence-electron chi connectivity index (χ1n) is 5.66. The van der Waals surface area contributed by atoms with Gasteiger partial charge in [-0.05, 0) is 22.4 Å². The Morgan fingerprint density at radius 2 is 1.82 bits per heavy atom. The van der Waals surface area contributed by atoms with Crippen LogP contribution in [0.2, 0.25) is 0 Å². The van der Waals surface area contributed by atoms with E-state index < -0.39 is 6.10 Å². The molecule has 2 aromatic rings. The molecule has 17 heavy (non-hydrogen) atoms. The second-order valence-electron chi connectivity index (χ2n) is 3.92. The fourth-order valence-corrected chi connectivity index (χ4v) is 1.77. The maximum atomic E-state index is 9.90. The quantitative estimate of drug-likeness (QED) is 0.774. The lowest BCUT2D eigenvalue weighted by Crippen LogP contribution is -2.09. The molecule has 90 valence electrons. The average molecular weight is 232 g/mol. The highest BCUT2D eigenvalue weighted by atomic mass is 16.5. The van der Waals surface area contributed by atoms with E-state index in [4.69, 9.17) is 9.84 Å². The Morgan fingerprint density at radius 1 is 1.06 bits per heavy atom. The van der Waals surface area contributed by atoms with E-state index in [0.717, 1.165) is 16.3 Å². The summed E-state index contributed by atoms with van der Waals surface area (Å²) in [5.74, 6) is 0. The standard InChI is InChI=1S/C14H16O3/c15-7-8-17-10-14(16)13-6-5-11-3-1-2-4-12(11)9-13/h1-6,9,14-16H,7-8,10H2. The Morgan fingerprint density at radius 3 is 2.59 bits per heavy atom. The van der Waals surface area contributed by atoms with Crippen molar-refractivity contribution in [3.05, 3.63) is 48.0 Å². The van der Waals surface area contributed by atoms with Gasteiger partial charge in [-0.1, -0.05) is 36.4 Å². The van der Waals surface area contributed by atoms with Crippen molar-refractivity contribution >= 4 is 10.8 Å². The predicted molar refractivity (Wildman–Crippen MR) is 66.8 cm³/mol. The zero-order valence-corrected chi connectivity index (χ0v) is 9.54. The van der Waals surface area contributed by atoms with Crippen LogP contribution in [-0.2, 0) is 4.74 Å². The van der Waals surface area contributed by atoms with Gasteiger partial charge in [0.25, 0.3) is 0 Å². The Labute approximate surface area is 100 Å². The van der Waals surface area contributed by atoms with Gasteiger partial charge in [0.2, 0.25) is 0 Å². The van der Waals surface area contributed by atoms with Crippen LogP contribution in [0.25, 0.3) is 10.8 Å². The van der Waals surface area contributed by atoms with Gasteiger partial charge >= 0.3 is 0 Å². The molecule has 2 aromatic carbocycles. The molecule has 0 aliphatic carbocycles. The molecule has 2 rings (SSSR count). The molecule has 0 aromatic heterocycles. The van der Waals surface area contributed by atoms with Crippen LogP contribution in [0.1, 0.15) is 11.7 Å². The van der Waals surface area contributed by atoms with Gasteiger partial charge in [-0.15, -0.1) is 0 Å². The van der Waals surface area contributed by atoms with E-state index in [1.807, 2.05) is 42.5 Å². The third-order valence-electron chi connectivity index (χ3n) is 2.67. The van der Waals surface area contributed by atoms with Crippen molar-refractivity contribution in [2.75, 3.05) is 19.8 Å². The van der Waals surface area contributed by atoms with Crippen LogP contribution in [0.4, 0.5) is 0 Å². The summed E-state index contributed by atoms with van der Waals surface area (Å²) in [6.07, 6.45) is -0.647. The van der Waals surface area contributed by atoms with E-state index in [1.165, 1.54) is 0 Å². The molecule has 0 saturated heterocycles. The topological polar surface area (TPSA) is 49.7 Å². The van der Waals surface area contributed by atoms with Gasteiger partial charge in [0.15, 0.2) is 0 Å². The second-order valence-corrected chi connectivity index (χ2v) is 3.92. The fraction of sp³-hybridized carbons (Fsp3) is 0.286. The van der Waals surface area contributed by atoms with Crippen molar-refractivity contribution in [2.24, 2.45) is 0 Å². The second kappa shape index (κ2) is 5.77. The van der Waals surface area contributed by atoms with Crippen LogP contribution in [0.15, 0.2) is 42.5 Å². The molecule has 3 heteroatoms. The van der Waals surface area contributed by atoms with Crippen molar-refractivity contribution in [3.8, 4) is 0 Å². The SMILES string of the molecule is OCCOCC(O)c1ccc2ccccc2c1. The first-order chi connectivity index (χ1) is 8.31. The lowest BCUT2D eigenvalue weighted by atomic mass is 10.0. The van der Waals surface area contributed by atoms with E-state index in [9.17, 15) is 5.11 Å². The van der Waals surface area contributed by atoms with Crippen LogP contribution in [-0.4, -0.2) is 30.0 Å². The lowest BCUT2D eigenvalue weighted by molar-refractivity contribution is 0.0207. The molecule has 0 spiro atoms. The maximum absolute atomic E-state index is 9.90. The maximum Gasteiger partial charge on any atom is 0.102 e. The van der Waals surface area contributed by atoms with Crippen molar-refractivity contribution < 1.29 is 14.9 Å². The molecular formula is C14H16O3. The summed E-state index contributed by atoms with van der Waals surface area (Å²) in [6, 6.07) is 13.9. The molecule has 0 radical (unpaired) electrons. The van der Waals surface area contributed by atoms with Crippen molar-refractivity contribution in [1.82, 2.24) is 0 Å². The summed E-state index contributed by atoms with van der Waals surface area (Å²) < 4.78 is 5.11. The molecule has 0 saturated carbocycles. The highest BCUT2D eigenvalue weighted by Gasteiger charge is 2.07. The van der Waals surface area contributed by atoms with Crippen LogP contribution >= 0.6 is 0 Å². The minimum absolute atomic E-state index is 0.0234. The summed E-state index contributed by atoms with van der Waals surface area (Å²) in [6.45, 7) is 0.438. The van der Waals surface area contributed by atoms with Crippen molar-refractivity contribution in [2.45, 2.75) is 6.10 Å². The Kier molecular flexibility index (Phi) is 4.09. The van der Waals surface area contributed by atoms with Crippen molar-refractivity contribution in [1.29, 1.82) is 0 Å². The van der Waals surface area contributed by atoms with Crippen LogP contribution < -0.4 is 0 Å². The number of benzene rings is 2. The van der Waals surface area contributed by atoms with E-state index in [-0.39, 0.29) is 19.8 Å². The molecular weight excluding hydrogens is 216 g/mol. The highest BCUT2D eigenvalue weighted by Crippen LogP contribution is 2.20. The van der Waals surface area contributed by atoms with Gasteiger partial charge in [-0.2, -0.15) is 0 Å². The van der Waals surface area contributed by atoms with Gasteiger partial charge in [0.1, 0.15) is 6.10 Å². The largest absolute Gasteiger partial charge is 0.394 e. The minimum Gasteiger partial charge on any atom is -0.394 e. The summed E-state index contributed by atoms with van der Waals surface area (Å²) in [4.78, 5) is 0. The molecule has 0 fully saturated rings. The lowest BCUT2D eigenvalue weighted by Gasteiger charge is -2.12. The molecule has 0 heterocycles. The van der Waals surface area contributed by atoms with E-state index in [1.54, 1.807) is 0 Å². The van der Waals surface area contributed by atoms with Gasteiger partial charge in [0.05, 0.1) is 19.8 Å². The Hall–Kier alpha value is -1.42. The van der Waals surface area contributed by atoms with Crippen molar-refractivity contribution in [3.63, 3.8) is 0 Å². The minimum atomic E-state index is -0.647. The summed E-state index contributed by atoms with van der Waals surface area (Å²) in [5.41, 5.74) is 0.835. The van der Waals surface area contributed by atoms with Crippen LogP contribution in [0.5, 0.6) is 0 Å². The number of fused-ring (bicyclic) bond motifs is 1. The van der Waals surface area contributed by atoms with Gasteiger partial charge < -0.3 is 14.9 Å². The number of rotatable bonds is 5. The molecule has 2 N–H and O–H groups in total. The zero-order chi connectivity index (χ0) is 12.1. The fourth-order valence-electron chi connectivity index (χ4n) is 1.77. The molecule has 3 nitrogen and oxygen atoms in total. The Balaban J connectivity index is 2.12. The number of hydrogen-bond acceptors (Lipinski definition) is 3. The molecule has 0 aliphatic heterocycles. The number of hydrogen-bond donors (Lipinski definition) is 2. The molecule has 0 bridgehead atoms. The van der Waals surface area contributed by atoms with Gasteiger partial charge in [0, 0.05) is 0 Å². The van der Waals surface area contributed by atoms with E-state index in [2.05, 4.69) is 0 Å². The summed E-state index contributed by atoms with van der Waals surface area (Å²) >= 11 is 0. The predicted octanol–water partition coefficient (Wildman–Crippen LogP) is 1.88. The number of ether oxygens (including phenoxy) is 1. The van der Waals surface area contributed by atoms with Crippen LogP contribution in [0, 0.1) is 0 Å². The third kappa shape index (κ3) is 3.03. The smallest absolute Gasteiger partial charge is 0.102 e. The number of aliphatic hydroxyl groups excluding tert-OH is 2. The first-order valence-corrected chi connectivity index (χ1v) is 5.66. The molecule has 1 unspecified atom stereocenters. The molecule has 0 amide bonds. The first kappa shape index (κ1) is 12.0. The van der Waals surface area contributed by atoms with Crippen LogP contribution in [0.3, 0.4) is 0 Å². The highest BCUT2D eigenvalue weighted by molar-refractivity contribution is 5.83.